The van der Waals surface area contributed by atoms with Crippen LogP contribution in [0.2, 0.25) is 0 Å². The molecule has 1 aromatic heterocycles. The van der Waals surface area contributed by atoms with Gasteiger partial charge in [-0.3, -0.25) is 4.68 Å². The summed E-state index contributed by atoms with van der Waals surface area (Å²) in [4.78, 5) is 0. The molecule has 0 radical (unpaired) electrons. The summed E-state index contributed by atoms with van der Waals surface area (Å²) in [7, 11) is 1.94. The Morgan fingerprint density at radius 3 is 2.61 bits per heavy atom. The van der Waals surface area contributed by atoms with Gasteiger partial charge in [-0.05, 0) is 19.9 Å². The van der Waals surface area contributed by atoms with E-state index in [-0.39, 0.29) is 0 Å². The van der Waals surface area contributed by atoms with Crippen LogP contribution in [-0.4, -0.2) is 14.9 Å². The van der Waals surface area contributed by atoms with Crippen LogP contribution >= 0.6 is 0 Å². The monoisotopic (exact) mass is 245 g/mol. The fourth-order valence-electron chi connectivity index (χ4n) is 1.91. The first kappa shape index (κ1) is 12.6. The Labute approximate surface area is 107 Å². The third-order valence-corrected chi connectivity index (χ3v) is 3.20. The van der Waals surface area contributed by atoms with E-state index >= 15 is 0 Å². The van der Waals surface area contributed by atoms with Crippen LogP contribution in [0.25, 0.3) is 0 Å². The van der Waals surface area contributed by atoms with Crippen LogP contribution in [0.1, 0.15) is 22.4 Å². The number of hydrogen-bond donors (Lipinski definition) is 2. The number of phenols is 1. The van der Waals surface area contributed by atoms with E-state index in [1.807, 2.05) is 43.9 Å². The number of nitrogens with zero attached hydrogens (tertiary/aromatic N) is 2. The summed E-state index contributed by atoms with van der Waals surface area (Å²) in [6.07, 6.45) is 1.87. The van der Waals surface area contributed by atoms with Gasteiger partial charge in [0.15, 0.2) is 0 Å². The number of hydrogen-bond acceptors (Lipinski definition) is 3. The molecule has 4 nitrogen and oxygen atoms in total. The molecule has 0 spiro atoms. The molecule has 1 aromatic carbocycles. The average Bonchev–Trinajstić information content (AvgIpc) is 2.65. The number of aryl methyl sites for hydroxylation is 2. The zero-order chi connectivity index (χ0) is 13.1. The maximum atomic E-state index is 9.73. The van der Waals surface area contributed by atoms with Gasteiger partial charge in [0.25, 0.3) is 0 Å². The molecule has 0 saturated heterocycles. The normalized spacial score (nSPS) is 10.8. The first-order valence-electron chi connectivity index (χ1n) is 6.04. The van der Waals surface area contributed by atoms with Crippen LogP contribution < -0.4 is 5.32 Å². The zero-order valence-electron chi connectivity index (χ0n) is 11.1. The molecule has 0 saturated carbocycles. The molecule has 2 rings (SSSR count). The molecule has 96 valence electrons. The van der Waals surface area contributed by atoms with Crippen molar-refractivity contribution >= 4 is 0 Å². The van der Waals surface area contributed by atoms with Gasteiger partial charge in [-0.1, -0.05) is 17.7 Å². The van der Waals surface area contributed by atoms with Gasteiger partial charge in [-0.2, -0.15) is 5.10 Å². The molecule has 0 aliphatic heterocycles. The summed E-state index contributed by atoms with van der Waals surface area (Å²) < 4.78 is 1.86. The van der Waals surface area contributed by atoms with Gasteiger partial charge in [-0.25, -0.2) is 0 Å². The fourth-order valence-corrected chi connectivity index (χ4v) is 1.91. The zero-order valence-corrected chi connectivity index (χ0v) is 11.1. The summed E-state index contributed by atoms with van der Waals surface area (Å²) in [6.45, 7) is 5.48. The topological polar surface area (TPSA) is 50.1 Å². The summed E-state index contributed by atoms with van der Waals surface area (Å²) in [5.41, 5.74) is 4.43. The predicted molar refractivity (Wildman–Crippen MR) is 71.3 cm³/mol. The van der Waals surface area contributed by atoms with Gasteiger partial charge in [0, 0.05) is 37.0 Å². The van der Waals surface area contributed by atoms with Gasteiger partial charge in [0.2, 0.25) is 0 Å². The summed E-state index contributed by atoms with van der Waals surface area (Å²) >= 11 is 0. The molecule has 0 amide bonds. The summed E-state index contributed by atoms with van der Waals surface area (Å²) in [6, 6.07) is 5.64. The Bertz CT molecular complexity index is 546. The lowest BCUT2D eigenvalue weighted by atomic mass is 10.1. The standard InChI is InChI=1S/C14H19N3O/c1-10-4-5-14(18)12(6-10)7-15-8-13-9-16-17(3)11(13)2/h4-6,9,15,18H,7-8H2,1-3H3. The highest BCUT2D eigenvalue weighted by Crippen LogP contribution is 2.18. The lowest BCUT2D eigenvalue weighted by Crippen LogP contribution is -2.13. The largest absolute Gasteiger partial charge is 0.508 e. The van der Waals surface area contributed by atoms with Gasteiger partial charge in [0.05, 0.1) is 6.20 Å². The van der Waals surface area contributed by atoms with Gasteiger partial charge >= 0.3 is 0 Å². The Kier molecular flexibility index (Phi) is 3.67. The molecule has 1 heterocycles. The third kappa shape index (κ3) is 2.71. The molecule has 18 heavy (non-hydrogen) atoms. The van der Waals surface area contributed by atoms with Crippen molar-refractivity contribution in [2.45, 2.75) is 26.9 Å². The van der Waals surface area contributed by atoms with Crippen molar-refractivity contribution in [3.05, 3.63) is 46.8 Å². The van der Waals surface area contributed by atoms with Crippen molar-refractivity contribution in [2.24, 2.45) is 7.05 Å². The van der Waals surface area contributed by atoms with Crippen LogP contribution in [-0.2, 0) is 20.1 Å². The average molecular weight is 245 g/mol. The second kappa shape index (κ2) is 5.23. The molecular formula is C14H19N3O. The smallest absolute Gasteiger partial charge is 0.120 e. The minimum atomic E-state index is 0.344. The van der Waals surface area contributed by atoms with Crippen molar-refractivity contribution < 1.29 is 5.11 Å². The number of aromatic hydroxyl groups is 1. The highest BCUT2D eigenvalue weighted by atomic mass is 16.3. The molecule has 2 N–H and O–H groups in total. The second-order valence-electron chi connectivity index (χ2n) is 4.61. The Morgan fingerprint density at radius 2 is 1.94 bits per heavy atom. The van der Waals surface area contributed by atoms with Crippen LogP contribution in [0.3, 0.4) is 0 Å². The quantitative estimate of drug-likeness (QED) is 0.866. The van der Waals surface area contributed by atoms with Gasteiger partial charge in [-0.15, -0.1) is 0 Å². The SMILES string of the molecule is Cc1ccc(O)c(CNCc2cnn(C)c2C)c1. The van der Waals surface area contributed by atoms with Crippen LogP contribution in [0.5, 0.6) is 5.75 Å². The van der Waals surface area contributed by atoms with Gasteiger partial charge in [0.1, 0.15) is 5.75 Å². The van der Waals surface area contributed by atoms with E-state index in [9.17, 15) is 5.11 Å². The Morgan fingerprint density at radius 1 is 1.22 bits per heavy atom. The first-order valence-corrected chi connectivity index (χ1v) is 6.04. The lowest BCUT2D eigenvalue weighted by molar-refractivity contribution is 0.464. The second-order valence-corrected chi connectivity index (χ2v) is 4.61. The molecule has 0 bridgehead atoms. The molecule has 2 aromatic rings. The van der Waals surface area contributed by atoms with Crippen molar-refractivity contribution in [3.8, 4) is 5.75 Å². The number of rotatable bonds is 4. The van der Waals surface area contributed by atoms with Crippen LogP contribution in [0.15, 0.2) is 24.4 Å². The molecular weight excluding hydrogens is 226 g/mol. The van der Waals surface area contributed by atoms with Crippen molar-refractivity contribution in [2.75, 3.05) is 0 Å². The van der Waals surface area contributed by atoms with Crippen molar-refractivity contribution in [3.63, 3.8) is 0 Å². The van der Waals surface area contributed by atoms with E-state index in [0.717, 1.165) is 23.4 Å². The predicted octanol–water partition coefficient (Wildman–Crippen LogP) is 2.03. The maximum absolute atomic E-state index is 9.73. The van der Waals surface area contributed by atoms with E-state index < -0.39 is 0 Å². The highest BCUT2D eigenvalue weighted by molar-refractivity contribution is 5.35. The van der Waals surface area contributed by atoms with Gasteiger partial charge < -0.3 is 10.4 Å². The number of benzene rings is 1. The van der Waals surface area contributed by atoms with Crippen molar-refractivity contribution in [1.82, 2.24) is 15.1 Å². The molecule has 0 unspecified atom stereocenters. The molecule has 0 aliphatic carbocycles. The van der Waals surface area contributed by atoms with E-state index in [1.54, 1.807) is 6.07 Å². The first-order chi connectivity index (χ1) is 8.58. The van der Waals surface area contributed by atoms with Crippen LogP contribution in [0, 0.1) is 13.8 Å². The summed E-state index contributed by atoms with van der Waals surface area (Å²) in [5, 5.41) is 17.3. The van der Waals surface area contributed by atoms with E-state index in [2.05, 4.69) is 10.4 Å². The minimum absolute atomic E-state index is 0.344. The molecule has 0 atom stereocenters. The summed E-state index contributed by atoms with van der Waals surface area (Å²) in [5.74, 6) is 0.344. The lowest BCUT2D eigenvalue weighted by Gasteiger charge is -2.07. The number of aromatic nitrogens is 2. The van der Waals surface area contributed by atoms with Crippen LogP contribution in [0.4, 0.5) is 0 Å². The molecule has 0 aliphatic rings. The Balaban J connectivity index is 1.96. The minimum Gasteiger partial charge on any atom is -0.508 e. The Hall–Kier alpha value is -1.81. The number of phenolic OH excluding ortho intramolecular Hbond substituents is 1. The number of nitrogens with one attached hydrogen (secondary N) is 1. The third-order valence-electron chi connectivity index (χ3n) is 3.20. The van der Waals surface area contributed by atoms with E-state index in [0.29, 0.717) is 12.3 Å². The fraction of sp³-hybridized carbons (Fsp3) is 0.357. The van der Waals surface area contributed by atoms with E-state index in [4.69, 9.17) is 0 Å². The van der Waals surface area contributed by atoms with E-state index in [1.165, 1.54) is 5.56 Å². The highest BCUT2D eigenvalue weighted by Gasteiger charge is 2.04. The maximum Gasteiger partial charge on any atom is 0.120 e. The van der Waals surface area contributed by atoms with Crippen molar-refractivity contribution in [1.29, 1.82) is 0 Å². The molecule has 4 heteroatoms. The molecule has 0 fully saturated rings.